The molecule has 0 aliphatic carbocycles. The number of pyridine rings is 1. The van der Waals surface area contributed by atoms with Gasteiger partial charge in [0, 0.05) is 48.6 Å². The minimum absolute atomic E-state index is 0.0204. The maximum Gasteiger partial charge on any atom is 0.270 e. The highest BCUT2D eigenvalue weighted by atomic mass is 19.3. The molecule has 2 heterocycles. The van der Waals surface area contributed by atoms with Crippen molar-refractivity contribution in [3.05, 3.63) is 114 Å². The Morgan fingerprint density at radius 2 is 1.46 bits per heavy atom. The van der Waals surface area contributed by atoms with E-state index in [1.54, 1.807) is 6.07 Å². The lowest BCUT2D eigenvalue weighted by atomic mass is 9.93. The van der Waals surface area contributed by atoms with Crippen molar-refractivity contribution in [2.75, 3.05) is 0 Å². The number of furan rings is 1. The number of rotatable bonds is 3. The third-order valence-corrected chi connectivity index (χ3v) is 7.37. The number of aromatic nitrogens is 1. The molecule has 0 atom stereocenters. The molecule has 39 heavy (non-hydrogen) atoms. The van der Waals surface area contributed by atoms with Gasteiger partial charge in [-0.25, -0.2) is 8.78 Å². The third-order valence-electron chi connectivity index (χ3n) is 7.37. The van der Waals surface area contributed by atoms with E-state index in [2.05, 4.69) is 23.2 Å². The van der Waals surface area contributed by atoms with Crippen LogP contribution in [0.3, 0.4) is 0 Å². The Bertz CT molecular complexity index is 2300. The normalized spacial score (nSPS) is 15.2. The van der Waals surface area contributed by atoms with Gasteiger partial charge in [0.2, 0.25) is 0 Å². The fourth-order valence-corrected chi connectivity index (χ4v) is 5.42. The van der Waals surface area contributed by atoms with Crippen molar-refractivity contribution < 1.29 is 21.4 Å². The third kappa shape index (κ3) is 3.70. The molecule has 0 aliphatic rings. The van der Waals surface area contributed by atoms with Crippen LogP contribution in [0, 0.1) is 13.7 Å². The van der Waals surface area contributed by atoms with Crippen LogP contribution >= 0.6 is 0 Å². The Morgan fingerprint density at radius 3 is 2.31 bits per heavy atom. The van der Waals surface area contributed by atoms with E-state index >= 15 is 0 Å². The van der Waals surface area contributed by atoms with Crippen LogP contribution in [0.15, 0.2) is 102 Å². The summed E-state index contributed by atoms with van der Waals surface area (Å²) in [6.07, 6.45) is 1.20. The van der Waals surface area contributed by atoms with Crippen LogP contribution < -0.4 is 0 Å². The molecule has 0 bridgehead atoms. The van der Waals surface area contributed by atoms with Crippen LogP contribution in [0.1, 0.15) is 31.8 Å². The smallest absolute Gasteiger partial charge is 0.270 e. The highest BCUT2D eigenvalue weighted by molar-refractivity contribution is 6.23. The largest absolute Gasteiger partial charge is 0.455 e. The maximum atomic E-state index is 14.2. The highest BCUT2D eigenvalue weighted by Gasteiger charge is 2.25. The summed E-state index contributed by atoms with van der Waals surface area (Å²) in [6.45, 7) is -4.77. The van der Waals surface area contributed by atoms with Crippen molar-refractivity contribution in [2.24, 2.45) is 0 Å². The van der Waals surface area contributed by atoms with Crippen LogP contribution in [0.25, 0.3) is 65.9 Å². The first-order chi connectivity index (χ1) is 21.2. The van der Waals surface area contributed by atoms with Gasteiger partial charge in [-0.3, -0.25) is 4.98 Å². The molecule has 0 saturated carbocycles. The van der Waals surface area contributed by atoms with E-state index in [0.717, 1.165) is 44.5 Å². The molecule has 2 aromatic heterocycles. The second kappa shape index (κ2) is 8.47. The van der Waals surface area contributed by atoms with Gasteiger partial charge >= 0.3 is 0 Å². The molecule has 0 N–H and O–H groups in total. The van der Waals surface area contributed by atoms with Gasteiger partial charge in [-0.05, 0) is 76.4 Å². The number of alkyl halides is 2. The molecule has 0 amide bonds. The first kappa shape index (κ1) is 17.8. The molecular weight excluding hydrogens is 488 g/mol. The second-order valence-corrected chi connectivity index (χ2v) is 9.88. The van der Waals surface area contributed by atoms with Crippen LogP contribution in [-0.2, 0) is 5.92 Å². The molecule has 7 aromatic rings. The Kier molecular flexibility index (Phi) is 3.88. The highest BCUT2D eigenvalue weighted by Crippen LogP contribution is 2.41. The summed E-state index contributed by atoms with van der Waals surface area (Å²) in [4.78, 5) is 4.50. The SMILES string of the molecule is [2H]C([2H])([2H])c1cnc(-c2cccc3c2oc2c3ccc3ccc4ccccc4c32)cc1-c1ccc(C(C)(F)F)cc1C([2H])([2H])[2H]. The average Bonchev–Trinajstić information content (AvgIpc) is 3.38. The number of aryl methyl sites for hydroxylation is 2. The lowest BCUT2D eigenvalue weighted by molar-refractivity contribution is 0.0174. The van der Waals surface area contributed by atoms with Gasteiger partial charge in [0.05, 0.1) is 5.69 Å². The lowest BCUT2D eigenvalue weighted by Crippen LogP contribution is -2.07. The summed E-state index contributed by atoms with van der Waals surface area (Å²) < 4.78 is 83.9. The van der Waals surface area contributed by atoms with Gasteiger partial charge in [0.1, 0.15) is 11.2 Å². The van der Waals surface area contributed by atoms with Gasteiger partial charge in [-0.15, -0.1) is 0 Å². The van der Waals surface area contributed by atoms with Gasteiger partial charge in [-0.1, -0.05) is 66.7 Å². The predicted octanol–water partition coefficient (Wildman–Crippen LogP) is 10.3. The zero-order valence-corrected chi connectivity index (χ0v) is 20.8. The van der Waals surface area contributed by atoms with Crippen molar-refractivity contribution >= 4 is 43.5 Å². The van der Waals surface area contributed by atoms with Crippen molar-refractivity contribution in [2.45, 2.75) is 26.6 Å². The number of halogens is 2. The Hall–Kier alpha value is -4.57. The Morgan fingerprint density at radius 1 is 0.692 bits per heavy atom. The quantitative estimate of drug-likeness (QED) is 0.217. The van der Waals surface area contributed by atoms with Crippen LogP contribution in [0.5, 0.6) is 0 Å². The molecule has 190 valence electrons. The standard InChI is InChI=1S/C35H25F2NO/c1-20-17-24(35(3,36)37)14-16-25(20)30-18-31(38-19-21(30)2)29-10-6-9-27-28-15-13-23-12-11-22-7-4-5-8-26(22)32(23)34(28)39-33(27)29/h4-19H,1-3H3/i1D3,2D3. The number of hydrogen-bond donors (Lipinski definition) is 0. The molecular formula is C35H25F2NO. The van der Waals surface area contributed by atoms with Crippen molar-refractivity contribution in [1.29, 1.82) is 0 Å². The number of fused-ring (bicyclic) bond motifs is 7. The molecule has 7 rings (SSSR count). The van der Waals surface area contributed by atoms with E-state index in [-0.39, 0.29) is 22.3 Å². The number of para-hydroxylation sites is 1. The summed E-state index contributed by atoms with van der Waals surface area (Å²) in [5.74, 6) is -3.29. The predicted molar refractivity (Wildman–Crippen MR) is 156 cm³/mol. The average molecular weight is 520 g/mol. The van der Waals surface area contributed by atoms with Crippen molar-refractivity contribution in [3.63, 3.8) is 0 Å². The summed E-state index contributed by atoms with van der Waals surface area (Å²) in [7, 11) is 0. The van der Waals surface area contributed by atoms with E-state index in [9.17, 15) is 8.78 Å². The number of nitrogens with zero attached hydrogens (tertiary/aromatic N) is 1. The fourth-order valence-electron chi connectivity index (χ4n) is 5.42. The first-order valence-corrected chi connectivity index (χ1v) is 12.5. The van der Waals surface area contributed by atoms with E-state index in [0.29, 0.717) is 29.3 Å². The molecule has 2 nitrogen and oxygen atoms in total. The monoisotopic (exact) mass is 519 g/mol. The maximum absolute atomic E-state index is 14.2. The Labute approximate surface area is 233 Å². The van der Waals surface area contributed by atoms with Crippen molar-refractivity contribution in [3.8, 4) is 22.4 Å². The lowest BCUT2D eigenvalue weighted by Gasteiger charge is -2.15. The fraction of sp³-hybridized carbons (Fsp3) is 0.114. The Balaban J connectivity index is 1.51. The second-order valence-electron chi connectivity index (χ2n) is 9.88. The molecule has 0 radical (unpaired) electrons. The van der Waals surface area contributed by atoms with Gasteiger partial charge in [-0.2, -0.15) is 0 Å². The van der Waals surface area contributed by atoms with Gasteiger partial charge in [0.25, 0.3) is 5.92 Å². The number of benzene rings is 5. The molecule has 0 saturated heterocycles. The van der Waals surface area contributed by atoms with E-state index in [4.69, 9.17) is 12.6 Å². The van der Waals surface area contributed by atoms with Crippen LogP contribution in [0.4, 0.5) is 8.78 Å². The van der Waals surface area contributed by atoms with Gasteiger partial charge in [0.15, 0.2) is 0 Å². The zero-order valence-electron chi connectivity index (χ0n) is 26.8. The summed E-state index contributed by atoms with van der Waals surface area (Å²) in [5.41, 5.74) is 1.20. The van der Waals surface area contributed by atoms with Crippen LogP contribution in [-0.4, -0.2) is 4.98 Å². The first-order valence-electron chi connectivity index (χ1n) is 15.5. The van der Waals surface area contributed by atoms with E-state index in [1.165, 1.54) is 18.3 Å². The molecule has 4 heteroatoms. The summed E-state index contributed by atoms with van der Waals surface area (Å²) in [6, 6.07) is 26.6. The van der Waals surface area contributed by atoms with Crippen LogP contribution in [0.2, 0.25) is 0 Å². The van der Waals surface area contributed by atoms with E-state index < -0.39 is 25.2 Å². The van der Waals surface area contributed by atoms with E-state index in [1.807, 2.05) is 42.5 Å². The van der Waals surface area contributed by atoms with Gasteiger partial charge < -0.3 is 4.42 Å². The molecule has 0 spiro atoms. The summed E-state index contributed by atoms with van der Waals surface area (Å²) >= 11 is 0. The minimum Gasteiger partial charge on any atom is -0.455 e. The molecule has 5 aromatic carbocycles. The number of hydrogen-bond acceptors (Lipinski definition) is 2. The molecule has 0 aliphatic heterocycles. The van der Waals surface area contributed by atoms with Crippen molar-refractivity contribution in [1.82, 2.24) is 4.98 Å². The molecule has 0 unspecified atom stereocenters. The summed E-state index contributed by atoms with van der Waals surface area (Å²) in [5, 5.41) is 5.83. The zero-order chi connectivity index (χ0) is 31.9. The topological polar surface area (TPSA) is 26.0 Å². The minimum atomic E-state index is -3.29. The molecule has 0 fully saturated rings.